The summed E-state index contributed by atoms with van der Waals surface area (Å²) in [5.74, 6) is 0.560. The number of amides is 1. The summed E-state index contributed by atoms with van der Waals surface area (Å²) in [7, 11) is 1.37. The number of benzene rings is 3. The lowest BCUT2D eigenvalue weighted by molar-refractivity contribution is -0.0512. The number of ether oxygens (including phenoxy) is 3. The van der Waals surface area contributed by atoms with Crippen LogP contribution in [0, 0.1) is 0 Å². The van der Waals surface area contributed by atoms with Gasteiger partial charge in [0.2, 0.25) is 0 Å². The molecule has 3 aromatic carbocycles. The minimum absolute atomic E-state index is 0.0820. The Balaban J connectivity index is 1.78. The standard InChI is InChI=1S/C24H22F2N2O4/c1-3-31-17-11-9-16(10-12-17)28-22(27-19-7-5-4-6-18(19)23(28)29)15-8-13-20(32-24(25)26)21(14-15)30-2/h4-14,22,24,27H,3H2,1-2H3. The van der Waals surface area contributed by atoms with Crippen molar-refractivity contribution < 1.29 is 27.8 Å². The van der Waals surface area contributed by atoms with E-state index in [0.29, 0.717) is 34.9 Å². The van der Waals surface area contributed by atoms with E-state index in [0.717, 1.165) is 0 Å². The number of hydrogen-bond acceptors (Lipinski definition) is 5. The molecule has 0 bridgehead atoms. The molecule has 1 amide bonds. The van der Waals surface area contributed by atoms with E-state index in [1.165, 1.54) is 13.2 Å². The van der Waals surface area contributed by atoms with E-state index in [1.54, 1.807) is 53.4 Å². The minimum Gasteiger partial charge on any atom is -0.494 e. The molecule has 3 aromatic rings. The monoisotopic (exact) mass is 440 g/mol. The normalized spacial score (nSPS) is 15.2. The summed E-state index contributed by atoms with van der Waals surface area (Å²) in [6, 6.07) is 19.0. The summed E-state index contributed by atoms with van der Waals surface area (Å²) in [5.41, 5.74) is 2.50. The average molecular weight is 440 g/mol. The van der Waals surface area contributed by atoms with Crippen molar-refractivity contribution in [3.05, 3.63) is 77.9 Å². The van der Waals surface area contributed by atoms with E-state index in [1.807, 2.05) is 19.1 Å². The summed E-state index contributed by atoms with van der Waals surface area (Å²) in [5, 5.41) is 3.37. The van der Waals surface area contributed by atoms with E-state index in [2.05, 4.69) is 10.1 Å². The van der Waals surface area contributed by atoms with Gasteiger partial charge in [-0.2, -0.15) is 8.78 Å². The van der Waals surface area contributed by atoms with Crippen LogP contribution in [0.2, 0.25) is 0 Å². The van der Waals surface area contributed by atoms with E-state index in [9.17, 15) is 13.6 Å². The van der Waals surface area contributed by atoms with Crippen molar-refractivity contribution in [2.45, 2.75) is 19.7 Å². The van der Waals surface area contributed by atoms with Gasteiger partial charge in [0.05, 0.1) is 19.3 Å². The molecule has 0 saturated heterocycles. The molecule has 1 atom stereocenters. The Morgan fingerprint density at radius 3 is 2.47 bits per heavy atom. The van der Waals surface area contributed by atoms with Gasteiger partial charge < -0.3 is 19.5 Å². The summed E-state index contributed by atoms with van der Waals surface area (Å²) in [6.45, 7) is -0.545. The second kappa shape index (κ2) is 9.13. The molecular formula is C24H22F2N2O4. The molecule has 1 aliphatic heterocycles. The van der Waals surface area contributed by atoms with Crippen LogP contribution in [0.4, 0.5) is 20.2 Å². The first kappa shape index (κ1) is 21.4. The molecule has 0 spiro atoms. The number of methoxy groups -OCH3 is 1. The van der Waals surface area contributed by atoms with Crippen molar-refractivity contribution in [3.63, 3.8) is 0 Å². The van der Waals surface area contributed by atoms with Crippen LogP contribution in [0.1, 0.15) is 29.0 Å². The Morgan fingerprint density at radius 1 is 1.03 bits per heavy atom. The van der Waals surface area contributed by atoms with E-state index in [4.69, 9.17) is 9.47 Å². The van der Waals surface area contributed by atoms with Crippen LogP contribution in [0.5, 0.6) is 17.2 Å². The molecule has 1 unspecified atom stereocenters. The van der Waals surface area contributed by atoms with Gasteiger partial charge in [0.15, 0.2) is 11.5 Å². The van der Waals surface area contributed by atoms with Gasteiger partial charge in [-0.25, -0.2) is 0 Å². The van der Waals surface area contributed by atoms with Crippen molar-refractivity contribution in [1.82, 2.24) is 0 Å². The number of halogens is 2. The Bertz CT molecular complexity index is 1110. The predicted octanol–water partition coefficient (Wildman–Crippen LogP) is 5.47. The van der Waals surface area contributed by atoms with Crippen molar-refractivity contribution >= 4 is 17.3 Å². The molecule has 0 saturated carbocycles. The molecule has 32 heavy (non-hydrogen) atoms. The fourth-order valence-electron chi connectivity index (χ4n) is 3.67. The van der Waals surface area contributed by atoms with Crippen LogP contribution in [-0.2, 0) is 0 Å². The third-order valence-corrected chi connectivity index (χ3v) is 5.07. The molecule has 0 aromatic heterocycles. The molecule has 1 N–H and O–H groups in total. The highest BCUT2D eigenvalue weighted by atomic mass is 19.3. The van der Waals surface area contributed by atoms with Gasteiger partial charge in [0, 0.05) is 11.4 Å². The van der Waals surface area contributed by atoms with E-state index >= 15 is 0 Å². The second-order valence-corrected chi connectivity index (χ2v) is 6.98. The highest BCUT2D eigenvalue weighted by Gasteiger charge is 2.34. The minimum atomic E-state index is -2.98. The van der Waals surface area contributed by atoms with Crippen LogP contribution in [0.15, 0.2) is 66.7 Å². The second-order valence-electron chi connectivity index (χ2n) is 6.98. The number of anilines is 2. The zero-order valence-electron chi connectivity index (χ0n) is 17.5. The first-order valence-electron chi connectivity index (χ1n) is 10.1. The third-order valence-electron chi connectivity index (χ3n) is 5.07. The third kappa shape index (κ3) is 4.16. The Labute approximate surface area is 184 Å². The zero-order chi connectivity index (χ0) is 22.7. The number of nitrogens with zero attached hydrogens (tertiary/aromatic N) is 1. The van der Waals surface area contributed by atoms with Crippen LogP contribution in [0.25, 0.3) is 0 Å². The van der Waals surface area contributed by atoms with Crippen LogP contribution in [0.3, 0.4) is 0 Å². The van der Waals surface area contributed by atoms with Crippen LogP contribution < -0.4 is 24.4 Å². The van der Waals surface area contributed by atoms with Crippen LogP contribution in [-0.4, -0.2) is 26.2 Å². The lowest BCUT2D eigenvalue weighted by Gasteiger charge is -2.38. The van der Waals surface area contributed by atoms with Gasteiger partial charge in [0.1, 0.15) is 11.9 Å². The summed E-state index contributed by atoms with van der Waals surface area (Å²) in [6.07, 6.45) is -0.607. The topological polar surface area (TPSA) is 60.0 Å². The molecule has 1 aliphatic rings. The highest BCUT2D eigenvalue weighted by Crippen LogP contribution is 2.39. The molecule has 4 rings (SSSR count). The molecule has 0 radical (unpaired) electrons. The smallest absolute Gasteiger partial charge is 0.387 e. The van der Waals surface area contributed by atoms with Crippen molar-refractivity contribution in [3.8, 4) is 17.2 Å². The number of hydrogen-bond donors (Lipinski definition) is 1. The van der Waals surface area contributed by atoms with Crippen LogP contribution >= 0.6 is 0 Å². The molecular weight excluding hydrogens is 418 g/mol. The molecule has 6 nitrogen and oxygen atoms in total. The first-order chi connectivity index (χ1) is 15.5. The van der Waals surface area contributed by atoms with Crippen molar-refractivity contribution in [2.24, 2.45) is 0 Å². The fraction of sp³-hybridized carbons (Fsp3) is 0.208. The largest absolute Gasteiger partial charge is 0.494 e. The average Bonchev–Trinajstić information content (AvgIpc) is 2.80. The Morgan fingerprint density at radius 2 is 1.78 bits per heavy atom. The number of rotatable bonds is 7. The number of carbonyl (C=O) groups is 1. The summed E-state index contributed by atoms with van der Waals surface area (Å²) < 4.78 is 40.7. The van der Waals surface area contributed by atoms with E-state index < -0.39 is 12.8 Å². The van der Waals surface area contributed by atoms with Gasteiger partial charge in [-0.3, -0.25) is 9.69 Å². The van der Waals surface area contributed by atoms with Gasteiger partial charge >= 0.3 is 6.61 Å². The molecule has 0 fully saturated rings. The van der Waals surface area contributed by atoms with Gasteiger partial charge in [-0.05, 0) is 61.0 Å². The maximum absolute atomic E-state index is 13.5. The summed E-state index contributed by atoms with van der Waals surface area (Å²) >= 11 is 0. The van der Waals surface area contributed by atoms with Crippen molar-refractivity contribution in [1.29, 1.82) is 0 Å². The number of nitrogens with one attached hydrogen (secondary N) is 1. The lowest BCUT2D eigenvalue weighted by Crippen LogP contribution is -2.43. The number of fused-ring (bicyclic) bond motifs is 1. The number of para-hydroxylation sites is 1. The van der Waals surface area contributed by atoms with Gasteiger partial charge in [0.25, 0.3) is 5.91 Å². The first-order valence-corrected chi connectivity index (χ1v) is 10.1. The van der Waals surface area contributed by atoms with Crippen molar-refractivity contribution in [2.75, 3.05) is 23.9 Å². The number of alkyl halides is 2. The van der Waals surface area contributed by atoms with Gasteiger partial charge in [-0.15, -0.1) is 0 Å². The zero-order valence-corrected chi connectivity index (χ0v) is 17.5. The molecule has 1 heterocycles. The lowest BCUT2D eigenvalue weighted by atomic mass is 10.0. The van der Waals surface area contributed by atoms with Gasteiger partial charge in [-0.1, -0.05) is 18.2 Å². The predicted molar refractivity (Wildman–Crippen MR) is 117 cm³/mol. The number of carbonyl (C=O) groups excluding carboxylic acids is 1. The molecule has 8 heteroatoms. The Kier molecular flexibility index (Phi) is 6.11. The van der Waals surface area contributed by atoms with E-state index in [-0.39, 0.29) is 17.4 Å². The maximum Gasteiger partial charge on any atom is 0.387 e. The quantitative estimate of drug-likeness (QED) is 0.528. The highest BCUT2D eigenvalue weighted by molar-refractivity contribution is 6.12. The SMILES string of the molecule is CCOc1ccc(N2C(=O)c3ccccc3NC2c2ccc(OC(F)F)c(OC)c2)cc1. The fourth-order valence-corrected chi connectivity index (χ4v) is 3.67. The molecule has 166 valence electrons. The maximum atomic E-state index is 13.5. The molecule has 0 aliphatic carbocycles. The summed E-state index contributed by atoms with van der Waals surface area (Å²) in [4.78, 5) is 15.1. The Hall–Kier alpha value is -3.81.